The van der Waals surface area contributed by atoms with Crippen molar-refractivity contribution in [2.75, 3.05) is 26.1 Å². The van der Waals surface area contributed by atoms with Crippen molar-refractivity contribution in [3.63, 3.8) is 0 Å². The van der Waals surface area contributed by atoms with Crippen LogP contribution in [0.3, 0.4) is 0 Å². The fourth-order valence-electron chi connectivity index (χ4n) is 2.02. The molecule has 0 atom stereocenters. The predicted molar refractivity (Wildman–Crippen MR) is 98.5 cm³/mol. The average molecular weight is 376 g/mol. The van der Waals surface area contributed by atoms with Crippen LogP contribution in [0.25, 0.3) is 0 Å². The number of hydrogen-bond acceptors (Lipinski definition) is 5. The van der Waals surface area contributed by atoms with Gasteiger partial charge in [0.2, 0.25) is 0 Å². The van der Waals surface area contributed by atoms with Gasteiger partial charge in [0, 0.05) is 18.3 Å². The zero-order chi connectivity index (χ0) is 19.2. The first-order valence-corrected chi connectivity index (χ1v) is 9.10. The second-order valence-electron chi connectivity index (χ2n) is 5.20. The van der Waals surface area contributed by atoms with Gasteiger partial charge in [0.25, 0.3) is 15.9 Å². The molecule has 7 nitrogen and oxygen atoms in total. The fraction of sp³-hybridized carbons (Fsp3) is 0.167. The summed E-state index contributed by atoms with van der Waals surface area (Å²) in [4.78, 5) is 17.0. The van der Waals surface area contributed by atoms with Crippen LogP contribution in [0, 0.1) is 0 Å². The molecule has 0 radical (unpaired) electrons. The molecule has 1 amide bonds. The highest BCUT2D eigenvalue weighted by atomic mass is 32.2. The van der Waals surface area contributed by atoms with Crippen LogP contribution in [0.5, 0.6) is 5.75 Å². The zero-order valence-electron chi connectivity index (χ0n) is 14.5. The third-order valence-corrected chi connectivity index (χ3v) is 5.18. The Hall–Kier alpha value is -2.68. The van der Waals surface area contributed by atoms with E-state index in [0.29, 0.717) is 23.6 Å². The maximum Gasteiger partial charge on any atom is 0.264 e. The Morgan fingerprint density at radius 1 is 1.15 bits per heavy atom. The van der Waals surface area contributed by atoms with E-state index in [4.69, 9.17) is 9.57 Å². The van der Waals surface area contributed by atoms with E-state index in [2.05, 4.69) is 11.9 Å². The SMILES string of the molecule is C=CCOc1ccc(C(=O)Nc2ccc(S(=O)(=O)N(C)OC)cc2)cc1. The first-order chi connectivity index (χ1) is 12.4. The Labute approximate surface area is 152 Å². The number of nitrogens with zero attached hydrogens (tertiary/aromatic N) is 1. The van der Waals surface area contributed by atoms with E-state index in [0.717, 1.165) is 4.47 Å². The maximum absolute atomic E-state index is 12.3. The van der Waals surface area contributed by atoms with E-state index >= 15 is 0 Å². The summed E-state index contributed by atoms with van der Waals surface area (Å²) < 4.78 is 30.4. The number of hydroxylamine groups is 1. The molecule has 138 valence electrons. The Morgan fingerprint density at radius 2 is 1.77 bits per heavy atom. The molecule has 0 spiro atoms. The molecule has 0 unspecified atom stereocenters. The molecule has 26 heavy (non-hydrogen) atoms. The summed E-state index contributed by atoms with van der Waals surface area (Å²) in [5.41, 5.74) is 0.924. The topological polar surface area (TPSA) is 84.9 Å². The van der Waals surface area contributed by atoms with E-state index in [1.807, 2.05) is 0 Å². The molecular weight excluding hydrogens is 356 g/mol. The van der Waals surface area contributed by atoms with Gasteiger partial charge in [-0.15, -0.1) is 0 Å². The molecule has 2 aromatic carbocycles. The number of ether oxygens (including phenoxy) is 1. The minimum atomic E-state index is -3.72. The van der Waals surface area contributed by atoms with Crippen LogP contribution < -0.4 is 10.1 Å². The number of amides is 1. The lowest BCUT2D eigenvalue weighted by Gasteiger charge is -2.14. The van der Waals surface area contributed by atoms with E-state index in [1.54, 1.807) is 30.3 Å². The first-order valence-electron chi connectivity index (χ1n) is 7.66. The number of carbonyl (C=O) groups excluding carboxylic acids is 1. The summed E-state index contributed by atoms with van der Waals surface area (Å²) >= 11 is 0. The standard InChI is InChI=1S/C18H20N2O5S/c1-4-13-25-16-9-5-14(6-10-16)18(21)19-15-7-11-17(12-8-15)26(22,23)20(2)24-3/h4-12H,1,13H2,2-3H3,(H,19,21). The van der Waals surface area contributed by atoms with Crippen molar-refractivity contribution >= 4 is 21.6 Å². The number of rotatable bonds is 8. The van der Waals surface area contributed by atoms with Crippen molar-refractivity contribution < 1.29 is 22.8 Å². The van der Waals surface area contributed by atoms with Crippen molar-refractivity contribution in [3.05, 3.63) is 66.7 Å². The third kappa shape index (κ3) is 4.69. The number of benzene rings is 2. The van der Waals surface area contributed by atoms with Crippen LogP contribution in [0.2, 0.25) is 0 Å². The normalized spacial score (nSPS) is 11.2. The molecule has 0 aromatic heterocycles. The summed E-state index contributed by atoms with van der Waals surface area (Å²) in [6.45, 7) is 3.96. The van der Waals surface area contributed by atoms with Crippen LogP contribution in [0.4, 0.5) is 5.69 Å². The molecule has 1 N–H and O–H groups in total. The van der Waals surface area contributed by atoms with Crippen LogP contribution >= 0.6 is 0 Å². The lowest BCUT2D eigenvalue weighted by atomic mass is 10.2. The van der Waals surface area contributed by atoms with Gasteiger partial charge in [-0.3, -0.25) is 9.63 Å². The Morgan fingerprint density at radius 3 is 2.31 bits per heavy atom. The molecule has 0 aliphatic rings. The van der Waals surface area contributed by atoms with E-state index < -0.39 is 10.0 Å². The number of nitrogens with one attached hydrogen (secondary N) is 1. The molecule has 0 heterocycles. The Balaban J connectivity index is 2.06. The van der Waals surface area contributed by atoms with Gasteiger partial charge in [0.15, 0.2) is 0 Å². The highest BCUT2D eigenvalue weighted by Gasteiger charge is 2.20. The highest BCUT2D eigenvalue weighted by Crippen LogP contribution is 2.19. The molecule has 0 aliphatic heterocycles. The monoisotopic (exact) mass is 376 g/mol. The van der Waals surface area contributed by atoms with Gasteiger partial charge in [0.1, 0.15) is 12.4 Å². The van der Waals surface area contributed by atoms with Gasteiger partial charge in [-0.2, -0.15) is 0 Å². The predicted octanol–water partition coefficient (Wildman–Crippen LogP) is 2.69. The summed E-state index contributed by atoms with van der Waals surface area (Å²) in [5, 5.41) is 2.71. The van der Waals surface area contributed by atoms with Crippen LogP contribution in [-0.4, -0.2) is 39.6 Å². The van der Waals surface area contributed by atoms with Crippen LogP contribution in [0.15, 0.2) is 66.1 Å². The quantitative estimate of drug-likeness (QED) is 0.566. The molecule has 0 aliphatic carbocycles. The molecular formula is C18H20N2O5S. The summed E-state index contributed by atoms with van der Waals surface area (Å²) in [5.74, 6) is 0.322. The molecule has 0 bridgehead atoms. The van der Waals surface area contributed by atoms with Gasteiger partial charge >= 0.3 is 0 Å². The first kappa shape index (κ1) is 19.6. The number of carbonyl (C=O) groups is 1. The van der Waals surface area contributed by atoms with Crippen LogP contribution in [0.1, 0.15) is 10.4 Å². The average Bonchev–Trinajstić information content (AvgIpc) is 2.66. The van der Waals surface area contributed by atoms with Crippen molar-refractivity contribution in [1.82, 2.24) is 4.47 Å². The van der Waals surface area contributed by atoms with Gasteiger partial charge in [-0.05, 0) is 48.5 Å². The van der Waals surface area contributed by atoms with E-state index in [9.17, 15) is 13.2 Å². The summed E-state index contributed by atoms with van der Waals surface area (Å²) in [6, 6.07) is 12.5. The van der Waals surface area contributed by atoms with Gasteiger partial charge in [-0.25, -0.2) is 8.42 Å². The molecule has 0 fully saturated rings. The molecule has 2 aromatic rings. The van der Waals surface area contributed by atoms with Gasteiger partial charge < -0.3 is 10.1 Å². The zero-order valence-corrected chi connectivity index (χ0v) is 15.3. The summed E-state index contributed by atoms with van der Waals surface area (Å²) in [6.07, 6.45) is 1.63. The van der Waals surface area contributed by atoms with Crippen molar-refractivity contribution in [3.8, 4) is 5.75 Å². The van der Waals surface area contributed by atoms with Crippen molar-refractivity contribution in [2.45, 2.75) is 4.90 Å². The van der Waals surface area contributed by atoms with Gasteiger partial charge in [0.05, 0.1) is 12.0 Å². The molecule has 8 heteroatoms. The minimum Gasteiger partial charge on any atom is -0.490 e. The van der Waals surface area contributed by atoms with Gasteiger partial charge in [-0.1, -0.05) is 17.1 Å². The smallest absolute Gasteiger partial charge is 0.264 e. The summed E-state index contributed by atoms with van der Waals surface area (Å²) in [7, 11) is -1.16. The number of sulfonamides is 1. The lowest BCUT2D eigenvalue weighted by Crippen LogP contribution is -2.25. The lowest BCUT2D eigenvalue weighted by molar-refractivity contribution is -0.0258. The van der Waals surface area contributed by atoms with Crippen molar-refractivity contribution in [1.29, 1.82) is 0 Å². The minimum absolute atomic E-state index is 0.0589. The largest absolute Gasteiger partial charge is 0.490 e. The van der Waals surface area contributed by atoms with Crippen LogP contribution in [-0.2, 0) is 14.9 Å². The van der Waals surface area contributed by atoms with E-state index in [1.165, 1.54) is 38.4 Å². The molecule has 0 saturated carbocycles. The number of anilines is 1. The van der Waals surface area contributed by atoms with Crippen molar-refractivity contribution in [2.24, 2.45) is 0 Å². The maximum atomic E-state index is 12.3. The molecule has 0 saturated heterocycles. The third-order valence-electron chi connectivity index (χ3n) is 3.49. The second-order valence-corrected chi connectivity index (χ2v) is 7.14. The highest BCUT2D eigenvalue weighted by molar-refractivity contribution is 7.89. The second kappa shape index (κ2) is 8.61. The van der Waals surface area contributed by atoms with E-state index in [-0.39, 0.29) is 10.8 Å². The fourth-order valence-corrected chi connectivity index (χ4v) is 2.99. The Bertz CT molecular complexity index is 861. The molecule has 2 rings (SSSR count). The Kier molecular flexibility index (Phi) is 6.51. The number of hydrogen-bond donors (Lipinski definition) is 1.